The third kappa shape index (κ3) is 4.97. The van der Waals surface area contributed by atoms with Crippen molar-refractivity contribution in [2.75, 3.05) is 59.9 Å². The Hall–Kier alpha value is -1.14. The van der Waals surface area contributed by atoms with Crippen LogP contribution in [0.15, 0.2) is 0 Å². The van der Waals surface area contributed by atoms with E-state index in [0.717, 1.165) is 76.8 Å². The summed E-state index contributed by atoms with van der Waals surface area (Å²) in [5.41, 5.74) is 0. The maximum Gasteiger partial charge on any atom is 0.312 e. The molecule has 0 aromatic rings. The molecule has 0 spiro atoms. The topological polar surface area (TPSA) is 55.9 Å². The van der Waals surface area contributed by atoms with E-state index in [-0.39, 0.29) is 11.8 Å². The zero-order valence-corrected chi connectivity index (χ0v) is 16.6. The molecule has 0 radical (unpaired) electrons. The monoisotopic (exact) mass is 364 g/mol. The van der Waals surface area contributed by atoms with E-state index in [9.17, 15) is 9.59 Å². The number of carbonyl (C=O) groups is 2. The normalized spacial score (nSPS) is 24.6. The predicted molar refractivity (Wildman–Crippen MR) is 103 cm³/mol. The molecule has 6 heteroatoms. The first-order chi connectivity index (χ1) is 12.5. The lowest BCUT2D eigenvalue weighted by Gasteiger charge is -2.38. The second-order valence-electron chi connectivity index (χ2n) is 8.65. The Bertz CT molecular complexity index is 476. The van der Waals surface area contributed by atoms with E-state index in [4.69, 9.17) is 0 Å². The molecule has 3 rings (SSSR count). The van der Waals surface area contributed by atoms with Crippen LogP contribution < -0.4 is 5.32 Å². The highest BCUT2D eigenvalue weighted by Crippen LogP contribution is 2.30. The Morgan fingerprint density at radius 2 is 1.50 bits per heavy atom. The first kappa shape index (κ1) is 19.6. The number of hydrogen-bond donors (Lipinski definition) is 1. The van der Waals surface area contributed by atoms with Gasteiger partial charge in [-0.3, -0.25) is 9.59 Å². The van der Waals surface area contributed by atoms with Crippen LogP contribution in [0.4, 0.5) is 0 Å². The summed E-state index contributed by atoms with van der Waals surface area (Å²) >= 11 is 0. The molecule has 3 fully saturated rings. The minimum atomic E-state index is -0.316. The first-order valence-electron chi connectivity index (χ1n) is 10.5. The fourth-order valence-corrected chi connectivity index (χ4v) is 4.90. The van der Waals surface area contributed by atoms with Crippen LogP contribution in [0.3, 0.4) is 0 Å². The number of nitrogens with one attached hydrogen (secondary N) is 1. The summed E-state index contributed by atoms with van der Waals surface area (Å²) in [5.74, 6) is 1.46. The Labute approximate surface area is 158 Å². The van der Waals surface area contributed by atoms with E-state index in [0.29, 0.717) is 12.5 Å². The summed E-state index contributed by atoms with van der Waals surface area (Å²) in [6, 6.07) is 0. The van der Waals surface area contributed by atoms with Crippen molar-refractivity contribution in [3.63, 3.8) is 0 Å². The molecule has 0 bridgehead atoms. The van der Waals surface area contributed by atoms with Crippen LogP contribution in [0.2, 0.25) is 0 Å². The first-order valence-corrected chi connectivity index (χ1v) is 10.5. The van der Waals surface area contributed by atoms with E-state index in [1.807, 2.05) is 0 Å². The zero-order chi connectivity index (χ0) is 18.5. The number of likely N-dealkylation sites (tertiary alicyclic amines) is 2. The number of hydrogen-bond acceptors (Lipinski definition) is 4. The van der Waals surface area contributed by atoms with Gasteiger partial charge in [0.25, 0.3) is 0 Å². The van der Waals surface area contributed by atoms with Gasteiger partial charge in [-0.15, -0.1) is 0 Å². The molecule has 6 nitrogen and oxygen atoms in total. The number of amides is 2. The molecular weight excluding hydrogens is 328 g/mol. The van der Waals surface area contributed by atoms with E-state index in [1.54, 1.807) is 16.8 Å². The fourth-order valence-electron chi connectivity index (χ4n) is 4.90. The summed E-state index contributed by atoms with van der Waals surface area (Å²) in [7, 11) is 3.93. The molecule has 3 aliphatic rings. The van der Waals surface area contributed by atoms with E-state index in [2.05, 4.69) is 17.3 Å². The molecule has 0 saturated carbocycles. The highest BCUT2D eigenvalue weighted by Gasteiger charge is 2.33. The number of rotatable bonds is 3. The average molecular weight is 365 g/mol. The van der Waals surface area contributed by atoms with Gasteiger partial charge in [0.2, 0.25) is 0 Å². The van der Waals surface area contributed by atoms with Crippen molar-refractivity contribution in [2.24, 2.45) is 17.8 Å². The summed E-state index contributed by atoms with van der Waals surface area (Å²) in [5, 5.41) is 3.43. The van der Waals surface area contributed by atoms with Crippen LogP contribution >= 0.6 is 0 Å². The SMILES string of the molecule is CN1CCC(CN(C)C(=O)C(=O)N2CCC(C3CCNCC3)CC2)CC1. The van der Waals surface area contributed by atoms with Gasteiger partial charge in [-0.05, 0) is 89.5 Å². The molecular formula is C20H36N4O2. The Morgan fingerprint density at radius 3 is 2.12 bits per heavy atom. The Morgan fingerprint density at radius 1 is 0.923 bits per heavy atom. The molecule has 0 unspecified atom stereocenters. The van der Waals surface area contributed by atoms with Crippen LogP contribution in [-0.4, -0.2) is 86.4 Å². The molecule has 0 aromatic carbocycles. The molecule has 0 aromatic heterocycles. The number of likely N-dealkylation sites (N-methyl/N-ethyl adjacent to an activating group) is 1. The molecule has 26 heavy (non-hydrogen) atoms. The van der Waals surface area contributed by atoms with Crippen molar-refractivity contribution < 1.29 is 9.59 Å². The van der Waals surface area contributed by atoms with Crippen molar-refractivity contribution in [3.05, 3.63) is 0 Å². The van der Waals surface area contributed by atoms with Crippen LogP contribution in [0.1, 0.15) is 38.5 Å². The van der Waals surface area contributed by atoms with Crippen LogP contribution in [0.25, 0.3) is 0 Å². The van der Waals surface area contributed by atoms with Crippen LogP contribution in [-0.2, 0) is 9.59 Å². The van der Waals surface area contributed by atoms with E-state index >= 15 is 0 Å². The highest BCUT2D eigenvalue weighted by molar-refractivity contribution is 6.34. The third-order valence-corrected chi connectivity index (χ3v) is 6.78. The molecule has 0 atom stereocenters. The summed E-state index contributed by atoms with van der Waals surface area (Å²) < 4.78 is 0. The molecule has 3 heterocycles. The molecule has 1 N–H and O–H groups in total. The van der Waals surface area contributed by atoms with Gasteiger partial charge in [0, 0.05) is 26.7 Å². The van der Waals surface area contributed by atoms with Gasteiger partial charge in [-0.2, -0.15) is 0 Å². The lowest BCUT2D eigenvalue weighted by atomic mass is 9.79. The van der Waals surface area contributed by atoms with Crippen molar-refractivity contribution in [1.82, 2.24) is 20.0 Å². The van der Waals surface area contributed by atoms with Crippen molar-refractivity contribution in [2.45, 2.75) is 38.5 Å². The van der Waals surface area contributed by atoms with Crippen LogP contribution in [0, 0.1) is 17.8 Å². The van der Waals surface area contributed by atoms with Crippen molar-refractivity contribution in [3.8, 4) is 0 Å². The van der Waals surface area contributed by atoms with Gasteiger partial charge in [-0.1, -0.05) is 0 Å². The smallest absolute Gasteiger partial charge is 0.312 e. The maximum absolute atomic E-state index is 12.6. The lowest BCUT2D eigenvalue weighted by molar-refractivity contribution is -0.152. The fraction of sp³-hybridized carbons (Fsp3) is 0.900. The number of carbonyl (C=O) groups excluding carboxylic acids is 2. The second-order valence-corrected chi connectivity index (χ2v) is 8.65. The lowest BCUT2D eigenvalue weighted by Crippen LogP contribution is -2.49. The molecule has 2 amide bonds. The van der Waals surface area contributed by atoms with Gasteiger partial charge in [0.05, 0.1) is 0 Å². The Balaban J connectivity index is 1.42. The summed E-state index contributed by atoms with van der Waals surface area (Å²) in [4.78, 5) is 31.0. The number of nitrogens with zero attached hydrogens (tertiary/aromatic N) is 3. The van der Waals surface area contributed by atoms with Gasteiger partial charge >= 0.3 is 11.8 Å². The minimum Gasteiger partial charge on any atom is -0.337 e. The average Bonchev–Trinajstić information content (AvgIpc) is 2.69. The van der Waals surface area contributed by atoms with Gasteiger partial charge < -0.3 is 20.0 Å². The van der Waals surface area contributed by atoms with E-state index in [1.165, 1.54) is 12.8 Å². The minimum absolute atomic E-state index is 0.288. The third-order valence-electron chi connectivity index (χ3n) is 6.78. The zero-order valence-electron chi connectivity index (χ0n) is 16.6. The maximum atomic E-state index is 12.6. The summed E-state index contributed by atoms with van der Waals surface area (Å²) in [6.45, 7) is 6.65. The largest absolute Gasteiger partial charge is 0.337 e. The van der Waals surface area contributed by atoms with Crippen molar-refractivity contribution >= 4 is 11.8 Å². The second kappa shape index (κ2) is 9.18. The van der Waals surface area contributed by atoms with Gasteiger partial charge in [0.15, 0.2) is 0 Å². The summed E-state index contributed by atoms with van der Waals surface area (Å²) in [6.07, 6.45) is 6.87. The van der Waals surface area contributed by atoms with Crippen LogP contribution in [0.5, 0.6) is 0 Å². The van der Waals surface area contributed by atoms with Gasteiger partial charge in [0.1, 0.15) is 0 Å². The standard InChI is InChI=1S/C20H36N4O2/c1-22-11-5-16(6-12-22)15-23(2)19(25)20(26)24-13-7-18(8-14-24)17-3-9-21-10-4-17/h16-18,21H,3-15H2,1-2H3. The highest BCUT2D eigenvalue weighted by atomic mass is 16.2. The quantitative estimate of drug-likeness (QED) is 0.760. The molecule has 0 aliphatic carbocycles. The van der Waals surface area contributed by atoms with Gasteiger partial charge in [-0.25, -0.2) is 0 Å². The Kier molecular flexibility index (Phi) is 6.92. The van der Waals surface area contributed by atoms with E-state index < -0.39 is 0 Å². The molecule has 148 valence electrons. The predicted octanol–water partition coefficient (Wildman–Crippen LogP) is 1.02. The molecule has 3 aliphatic heterocycles. The molecule has 3 saturated heterocycles. The van der Waals surface area contributed by atoms with Crippen molar-refractivity contribution in [1.29, 1.82) is 0 Å². The number of piperidine rings is 3.